The van der Waals surface area contributed by atoms with Crippen LogP contribution in [0.25, 0.3) is 0 Å². The Morgan fingerprint density at radius 2 is 1.84 bits per heavy atom. The largest absolute Gasteiger partial charge is 0.378 e. The maximum absolute atomic E-state index is 6.40. The molecule has 0 amide bonds. The quantitative estimate of drug-likeness (QED) is 0.896. The second-order valence-corrected chi connectivity index (χ2v) is 5.93. The van der Waals surface area contributed by atoms with Gasteiger partial charge in [0, 0.05) is 30.8 Å². The van der Waals surface area contributed by atoms with Crippen molar-refractivity contribution in [1.82, 2.24) is 0 Å². The average Bonchev–Trinajstić information content (AvgIpc) is 2.38. The number of hydrogen-bond acceptors (Lipinski definition) is 2. The van der Waals surface area contributed by atoms with Crippen LogP contribution in [0.4, 0.5) is 5.69 Å². The second kappa shape index (κ2) is 7.37. The summed E-state index contributed by atoms with van der Waals surface area (Å²) in [5, 5.41) is 0.805. The zero-order valence-corrected chi connectivity index (χ0v) is 13.3. The van der Waals surface area contributed by atoms with Crippen LogP contribution in [0.5, 0.6) is 0 Å². The summed E-state index contributed by atoms with van der Waals surface area (Å²) in [7, 11) is 4.04. The van der Waals surface area contributed by atoms with Crippen molar-refractivity contribution in [3.05, 3.63) is 28.8 Å². The van der Waals surface area contributed by atoms with Gasteiger partial charge in [0.05, 0.1) is 0 Å². The number of nitrogens with zero attached hydrogens (tertiary/aromatic N) is 1. The molecule has 1 aliphatic carbocycles. The predicted octanol–water partition coefficient (Wildman–Crippen LogP) is 4.41. The first kappa shape index (κ1) is 16.6. The lowest BCUT2D eigenvalue weighted by Gasteiger charge is -2.28. The maximum Gasteiger partial charge on any atom is 0.0474 e. The lowest BCUT2D eigenvalue weighted by atomic mass is 9.81. The molecule has 1 aliphatic rings. The van der Waals surface area contributed by atoms with Crippen molar-refractivity contribution in [1.29, 1.82) is 0 Å². The van der Waals surface area contributed by atoms with Crippen LogP contribution >= 0.6 is 24.0 Å². The lowest BCUT2D eigenvalue weighted by Crippen LogP contribution is -2.24. The number of hydrogen-bond donors (Lipinski definition) is 1. The molecule has 1 saturated carbocycles. The Bertz CT molecular complexity index is 401. The van der Waals surface area contributed by atoms with Crippen LogP contribution in [0.15, 0.2) is 18.2 Å². The third kappa shape index (κ3) is 4.01. The Kier molecular flexibility index (Phi) is 6.45. The number of benzene rings is 1. The zero-order valence-electron chi connectivity index (χ0n) is 11.7. The molecule has 0 heterocycles. The Balaban J connectivity index is 0.00000180. The van der Waals surface area contributed by atoms with Crippen LogP contribution < -0.4 is 10.6 Å². The SMILES string of the molecule is CN(C)c1ccc([C@@H](N)C2CCCCC2)c(Cl)c1.Cl. The van der Waals surface area contributed by atoms with E-state index in [9.17, 15) is 0 Å². The standard InChI is InChI=1S/C15H23ClN2.ClH/c1-18(2)12-8-9-13(14(16)10-12)15(17)11-6-4-3-5-7-11;/h8-11,15H,3-7,17H2,1-2H3;1H/t15-;/m0./s1. The van der Waals surface area contributed by atoms with Gasteiger partial charge in [0.2, 0.25) is 0 Å². The summed E-state index contributed by atoms with van der Waals surface area (Å²) >= 11 is 6.38. The molecule has 0 aliphatic heterocycles. The fourth-order valence-electron chi connectivity index (χ4n) is 2.81. The van der Waals surface area contributed by atoms with Gasteiger partial charge in [-0.15, -0.1) is 12.4 Å². The maximum atomic E-state index is 6.40. The van der Waals surface area contributed by atoms with Crippen molar-refractivity contribution >= 4 is 29.7 Å². The molecule has 1 atom stereocenters. The van der Waals surface area contributed by atoms with Crippen LogP contribution in [0.3, 0.4) is 0 Å². The molecular formula is C15H24Cl2N2. The molecule has 2 rings (SSSR count). The predicted molar refractivity (Wildman–Crippen MR) is 86.5 cm³/mol. The second-order valence-electron chi connectivity index (χ2n) is 5.52. The highest BCUT2D eigenvalue weighted by atomic mass is 35.5. The monoisotopic (exact) mass is 302 g/mol. The minimum atomic E-state index is 0. The first-order valence-electron chi connectivity index (χ1n) is 6.82. The fourth-order valence-corrected chi connectivity index (χ4v) is 3.11. The van der Waals surface area contributed by atoms with E-state index in [1.54, 1.807) is 0 Å². The molecule has 108 valence electrons. The molecule has 0 unspecified atom stereocenters. The number of rotatable bonds is 3. The zero-order chi connectivity index (χ0) is 13.1. The van der Waals surface area contributed by atoms with Gasteiger partial charge in [-0.3, -0.25) is 0 Å². The minimum absolute atomic E-state index is 0. The van der Waals surface area contributed by atoms with Crippen molar-refractivity contribution in [2.24, 2.45) is 11.7 Å². The van der Waals surface area contributed by atoms with Gasteiger partial charge >= 0.3 is 0 Å². The van der Waals surface area contributed by atoms with Gasteiger partial charge in [0.25, 0.3) is 0 Å². The summed E-state index contributed by atoms with van der Waals surface area (Å²) in [5.74, 6) is 0.599. The first-order valence-corrected chi connectivity index (χ1v) is 7.19. The number of nitrogens with two attached hydrogens (primary N) is 1. The van der Waals surface area contributed by atoms with Crippen molar-refractivity contribution in [2.75, 3.05) is 19.0 Å². The van der Waals surface area contributed by atoms with Crippen LogP contribution in [0.1, 0.15) is 43.7 Å². The Morgan fingerprint density at radius 3 is 2.37 bits per heavy atom. The van der Waals surface area contributed by atoms with Gasteiger partial charge in [-0.25, -0.2) is 0 Å². The smallest absolute Gasteiger partial charge is 0.0474 e. The van der Waals surface area contributed by atoms with Crippen molar-refractivity contribution in [3.8, 4) is 0 Å². The van der Waals surface area contributed by atoms with Gasteiger partial charge < -0.3 is 10.6 Å². The molecule has 2 nitrogen and oxygen atoms in total. The molecule has 1 fully saturated rings. The highest BCUT2D eigenvalue weighted by Crippen LogP contribution is 2.36. The van der Waals surface area contributed by atoms with Crippen molar-refractivity contribution in [2.45, 2.75) is 38.1 Å². The van der Waals surface area contributed by atoms with Crippen LogP contribution in [-0.2, 0) is 0 Å². The third-order valence-electron chi connectivity index (χ3n) is 4.02. The van der Waals surface area contributed by atoms with Gasteiger partial charge in [-0.05, 0) is 36.5 Å². The average molecular weight is 303 g/mol. The first-order chi connectivity index (χ1) is 8.59. The van der Waals surface area contributed by atoms with E-state index in [2.05, 4.69) is 17.0 Å². The molecule has 2 N–H and O–H groups in total. The van der Waals surface area contributed by atoms with E-state index in [0.717, 1.165) is 16.3 Å². The molecule has 19 heavy (non-hydrogen) atoms. The normalized spacial score (nSPS) is 17.7. The molecule has 0 saturated heterocycles. The highest BCUT2D eigenvalue weighted by molar-refractivity contribution is 6.31. The van der Waals surface area contributed by atoms with E-state index in [1.165, 1.54) is 32.1 Å². The fraction of sp³-hybridized carbons (Fsp3) is 0.600. The molecule has 1 aromatic carbocycles. The van der Waals surface area contributed by atoms with Gasteiger partial charge in [-0.2, -0.15) is 0 Å². The van der Waals surface area contributed by atoms with Crippen LogP contribution in [-0.4, -0.2) is 14.1 Å². The minimum Gasteiger partial charge on any atom is -0.378 e. The van der Waals surface area contributed by atoms with Gasteiger partial charge in [0.1, 0.15) is 0 Å². The molecule has 1 aromatic rings. The van der Waals surface area contributed by atoms with E-state index < -0.39 is 0 Å². The molecule has 0 aromatic heterocycles. The summed E-state index contributed by atoms with van der Waals surface area (Å²) < 4.78 is 0. The Morgan fingerprint density at radius 1 is 1.21 bits per heavy atom. The Labute approximate surface area is 127 Å². The molecule has 0 bridgehead atoms. The molecule has 4 heteroatoms. The van der Waals surface area contributed by atoms with E-state index in [0.29, 0.717) is 5.92 Å². The van der Waals surface area contributed by atoms with E-state index in [4.69, 9.17) is 17.3 Å². The van der Waals surface area contributed by atoms with Crippen LogP contribution in [0.2, 0.25) is 5.02 Å². The van der Waals surface area contributed by atoms with Gasteiger partial charge in [-0.1, -0.05) is 36.9 Å². The summed E-state index contributed by atoms with van der Waals surface area (Å²) in [4.78, 5) is 2.06. The van der Waals surface area contributed by atoms with E-state index >= 15 is 0 Å². The summed E-state index contributed by atoms with van der Waals surface area (Å²) in [5.41, 5.74) is 8.63. The molecule has 0 radical (unpaired) electrons. The van der Waals surface area contributed by atoms with E-state index in [1.807, 2.05) is 20.2 Å². The highest BCUT2D eigenvalue weighted by Gasteiger charge is 2.23. The summed E-state index contributed by atoms with van der Waals surface area (Å²) in [6, 6.07) is 6.30. The summed E-state index contributed by atoms with van der Waals surface area (Å²) in [6.45, 7) is 0. The lowest BCUT2D eigenvalue weighted by molar-refractivity contribution is 0.308. The topological polar surface area (TPSA) is 29.3 Å². The van der Waals surface area contributed by atoms with Gasteiger partial charge in [0.15, 0.2) is 0 Å². The van der Waals surface area contributed by atoms with Crippen molar-refractivity contribution in [3.63, 3.8) is 0 Å². The number of anilines is 1. The Hall–Kier alpha value is -0.440. The number of halogens is 2. The van der Waals surface area contributed by atoms with Crippen molar-refractivity contribution < 1.29 is 0 Å². The third-order valence-corrected chi connectivity index (χ3v) is 4.34. The summed E-state index contributed by atoms with van der Waals surface area (Å²) in [6.07, 6.45) is 6.47. The van der Waals surface area contributed by atoms with Crippen LogP contribution in [0, 0.1) is 5.92 Å². The molecule has 0 spiro atoms. The molecular weight excluding hydrogens is 279 g/mol. The van der Waals surface area contributed by atoms with E-state index in [-0.39, 0.29) is 18.4 Å².